The van der Waals surface area contributed by atoms with E-state index in [0.717, 1.165) is 0 Å². The molecule has 2 rings (SSSR count). The molecule has 0 saturated carbocycles. The van der Waals surface area contributed by atoms with Gasteiger partial charge in [0.2, 0.25) is 0 Å². The minimum absolute atomic E-state index is 0.265. The highest BCUT2D eigenvalue weighted by atomic mass is 16.6. The van der Waals surface area contributed by atoms with E-state index in [1.807, 2.05) is 0 Å². The average molecular weight is 196 g/mol. The summed E-state index contributed by atoms with van der Waals surface area (Å²) in [5, 5.41) is 0. The minimum atomic E-state index is -0.662. The lowest BCUT2D eigenvalue weighted by Gasteiger charge is -2.35. The van der Waals surface area contributed by atoms with Crippen molar-refractivity contribution >= 4 is 11.9 Å². The van der Waals surface area contributed by atoms with Gasteiger partial charge in [0, 0.05) is 12.0 Å². The van der Waals surface area contributed by atoms with Crippen LogP contribution in [0.2, 0.25) is 0 Å². The average Bonchev–Trinajstić information content (AvgIpc) is 2.46. The van der Waals surface area contributed by atoms with Crippen LogP contribution in [0.1, 0.15) is 19.8 Å². The molecule has 0 aromatic rings. The van der Waals surface area contributed by atoms with E-state index in [0.29, 0.717) is 25.0 Å². The fourth-order valence-corrected chi connectivity index (χ4v) is 2.05. The van der Waals surface area contributed by atoms with Crippen LogP contribution in [0.25, 0.3) is 0 Å². The fourth-order valence-electron chi connectivity index (χ4n) is 2.05. The Morgan fingerprint density at radius 1 is 1.50 bits per heavy atom. The van der Waals surface area contributed by atoms with Crippen molar-refractivity contribution in [2.45, 2.75) is 25.9 Å². The van der Waals surface area contributed by atoms with Crippen molar-refractivity contribution in [2.75, 3.05) is 6.61 Å². The monoisotopic (exact) mass is 196 g/mol. The summed E-state index contributed by atoms with van der Waals surface area (Å²) in [4.78, 5) is 22.7. The molecule has 76 valence electrons. The lowest BCUT2D eigenvalue weighted by molar-refractivity contribution is -0.166. The number of ether oxygens (including phenoxy) is 2. The molecule has 2 aliphatic heterocycles. The maximum Gasteiger partial charge on any atom is 0.333 e. The molecule has 0 amide bonds. The number of hydrogen-bond acceptors (Lipinski definition) is 4. The molecule has 4 nitrogen and oxygen atoms in total. The first-order valence-corrected chi connectivity index (χ1v) is 4.62. The first kappa shape index (κ1) is 9.24. The number of cyclic esters (lactones) is 2. The van der Waals surface area contributed by atoms with Crippen molar-refractivity contribution in [3.63, 3.8) is 0 Å². The second kappa shape index (κ2) is 2.83. The molecule has 2 aliphatic rings. The van der Waals surface area contributed by atoms with Crippen LogP contribution in [0, 0.1) is 5.41 Å². The predicted molar refractivity (Wildman–Crippen MR) is 47.3 cm³/mol. The van der Waals surface area contributed by atoms with E-state index in [4.69, 9.17) is 9.47 Å². The number of esters is 2. The zero-order valence-electron chi connectivity index (χ0n) is 8.04. The molecule has 4 heteroatoms. The van der Waals surface area contributed by atoms with E-state index >= 15 is 0 Å². The summed E-state index contributed by atoms with van der Waals surface area (Å²) in [6, 6.07) is 0. The third kappa shape index (κ3) is 1.06. The molecule has 0 aromatic carbocycles. The largest absolute Gasteiger partial charge is 0.465 e. The van der Waals surface area contributed by atoms with Gasteiger partial charge in [0.15, 0.2) is 0 Å². The SMILES string of the molecule is C=C1C[C@@]2(CCOC2=O)[C@@H](C)OC1=O. The van der Waals surface area contributed by atoms with E-state index < -0.39 is 17.5 Å². The van der Waals surface area contributed by atoms with E-state index in [2.05, 4.69) is 6.58 Å². The molecule has 2 atom stereocenters. The van der Waals surface area contributed by atoms with Gasteiger partial charge in [0.1, 0.15) is 11.5 Å². The summed E-state index contributed by atoms with van der Waals surface area (Å²) >= 11 is 0. The zero-order valence-corrected chi connectivity index (χ0v) is 8.04. The molecular weight excluding hydrogens is 184 g/mol. The van der Waals surface area contributed by atoms with Crippen molar-refractivity contribution in [3.8, 4) is 0 Å². The Morgan fingerprint density at radius 2 is 2.21 bits per heavy atom. The van der Waals surface area contributed by atoms with Crippen molar-refractivity contribution < 1.29 is 19.1 Å². The van der Waals surface area contributed by atoms with E-state index in [9.17, 15) is 9.59 Å². The molecule has 14 heavy (non-hydrogen) atoms. The topological polar surface area (TPSA) is 52.6 Å². The lowest BCUT2D eigenvalue weighted by Crippen LogP contribution is -2.45. The van der Waals surface area contributed by atoms with E-state index in [1.165, 1.54) is 0 Å². The second-order valence-electron chi connectivity index (χ2n) is 3.87. The van der Waals surface area contributed by atoms with Crippen LogP contribution in [0.3, 0.4) is 0 Å². The summed E-state index contributed by atoms with van der Waals surface area (Å²) < 4.78 is 10.00. The van der Waals surface area contributed by atoms with Crippen LogP contribution < -0.4 is 0 Å². The zero-order chi connectivity index (χ0) is 10.3. The van der Waals surface area contributed by atoms with E-state index in [1.54, 1.807) is 6.92 Å². The van der Waals surface area contributed by atoms with Crippen molar-refractivity contribution in [1.82, 2.24) is 0 Å². The molecule has 0 radical (unpaired) electrons. The van der Waals surface area contributed by atoms with Crippen LogP contribution >= 0.6 is 0 Å². The Hall–Kier alpha value is -1.32. The summed E-state index contributed by atoms with van der Waals surface area (Å²) in [5.41, 5.74) is -0.299. The Kier molecular flexibility index (Phi) is 1.87. The normalized spacial score (nSPS) is 37.2. The van der Waals surface area contributed by atoms with Gasteiger partial charge < -0.3 is 9.47 Å². The molecular formula is C10H12O4. The summed E-state index contributed by atoms with van der Waals surface area (Å²) in [6.07, 6.45) is 0.570. The molecule has 2 fully saturated rings. The Balaban J connectivity index is 2.31. The van der Waals surface area contributed by atoms with Crippen molar-refractivity contribution in [2.24, 2.45) is 5.41 Å². The third-order valence-corrected chi connectivity index (χ3v) is 3.07. The third-order valence-electron chi connectivity index (χ3n) is 3.07. The highest BCUT2D eigenvalue weighted by Gasteiger charge is 2.54. The molecule has 0 unspecified atom stereocenters. The maximum atomic E-state index is 11.6. The molecule has 2 heterocycles. The maximum absolute atomic E-state index is 11.6. The molecule has 0 bridgehead atoms. The minimum Gasteiger partial charge on any atom is -0.465 e. The lowest BCUT2D eigenvalue weighted by atomic mass is 9.74. The summed E-state index contributed by atoms with van der Waals surface area (Å²) in [6.45, 7) is 5.74. The van der Waals surface area contributed by atoms with Gasteiger partial charge in [-0.3, -0.25) is 4.79 Å². The first-order valence-electron chi connectivity index (χ1n) is 4.62. The second-order valence-corrected chi connectivity index (χ2v) is 3.87. The van der Waals surface area contributed by atoms with Crippen LogP contribution in [0.4, 0.5) is 0 Å². The van der Waals surface area contributed by atoms with Gasteiger partial charge >= 0.3 is 11.9 Å². The highest BCUT2D eigenvalue weighted by Crippen LogP contribution is 2.44. The number of rotatable bonds is 0. The van der Waals surface area contributed by atoms with Gasteiger partial charge in [-0.05, 0) is 13.3 Å². The van der Waals surface area contributed by atoms with Gasteiger partial charge in [-0.15, -0.1) is 0 Å². The quantitative estimate of drug-likeness (QED) is 0.425. The molecule has 0 N–H and O–H groups in total. The summed E-state index contributed by atoms with van der Waals surface area (Å²) in [5.74, 6) is -0.665. The van der Waals surface area contributed by atoms with Gasteiger partial charge in [-0.2, -0.15) is 0 Å². The Bertz CT molecular complexity index is 320. The standard InChI is InChI=1S/C10H12O4/c1-6-5-10(3-4-13-9(10)12)7(2)14-8(6)11/h7H,1,3-5H2,2H3/t7-,10+/m1/s1. The van der Waals surface area contributed by atoms with Crippen LogP contribution in [-0.4, -0.2) is 24.6 Å². The van der Waals surface area contributed by atoms with E-state index in [-0.39, 0.29) is 5.97 Å². The highest BCUT2D eigenvalue weighted by molar-refractivity contribution is 5.92. The van der Waals surface area contributed by atoms with Gasteiger partial charge in [0.25, 0.3) is 0 Å². The number of carbonyl (C=O) groups excluding carboxylic acids is 2. The van der Waals surface area contributed by atoms with Gasteiger partial charge in [-0.25, -0.2) is 4.79 Å². The predicted octanol–water partition coefficient (Wildman–Crippen LogP) is 0.811. The smallest absolute Gasteiger partial charge is 0.333 e. The molecule has 0 aliphatic carbocycles. The Labute approximate surface area is 81.9 Å². The first-order chi connectivity index (χ1) is 6.56. The molecule has 1 spiro atoms. The van der Waals surface area contributed by atoms with Crippen molar-refractivity contribution in [3.05, 3.63) is 12.2 Å². The molecule has 0 aromatic heterocycles. The van der Waals surface area contributed by atoms with Crippen LogP contribution in [0.5, 0.6) is 0 Å². The molecule has 2 saturated heterocycles. The summed E-state index contributed by atoms with van der Waals surface area (Å²) in [7, 11) is 0. The number of hydrogen-bond donors (Lipinski definition) is 0. The van der Waals surface area contributed by atoms with Gasteiger partial charge in [0.05, 0.1) is 6.61 Å². The van der Waals surface area contributed by atoms with Crippen LogP contribution in [-0.2, 0) is 19.1 Å². The fraction of sp³-hybridized carbons (Fsp3) is 0.600. The van der Waals surface area contributed by atoms with Crippen molar-refractivity contribution in [1.29, 1.82) is 0 Å². The Morgan fingerprint density at radius 3 is 2.79 bits per heavy atom. The number of carbonyl (C=O) groups is 2. The van der Waals surface area contributed by atoms with Crippen LogP contribution in [0.15, 0.2) is 12.2 Å². The van der Waals surface area contributed by atoms with Gasteiger partial charge in [-0.1, -0.05) is 6.58 Å².